The van der Waals surface area contributed by atoms with Gasteiger partial charge in [0.2, 0.25) is 5.91 Å². The molecule has 1 aromatic heterocycles. The zero-order valence-electron chi connectivity index (χ0n) is 16.8. The molecule has 8 heteroatoms. The number of hydrogen-bond acceptors (Lipinski definition) is 6. The molecule has 1 saturated carbocycles. The number of primary amides is 1. The van der Waals surface area contributed by atoms with Crippen molar-refractivity contribution in [1.82, 2.24) is 4.98 Å². The van der Waals surface area contributed by atoms with Crippen LogP contribution in [0.25, 0.3) is 0 Å². The summed E-state index contributed by atoms with van der Waals surface area (Å²) >= 11 is 6.18. The predicted octanol–water partition coefficient (Wildman–Crippen LogP) is 3.43. The zero-order chi connectivity index (χ0) is 21.6. The van der Waals surface area contributed by atoms with Crippen LogP contribution >= 0.6 is 11.6 Å². The van der Waals surface area contributed by atoms with E-state index in [0.717, 1.165) is 24.1 Å². The maximum Gasteiger partial charge on any atom is 0.248 e. The minimum Gasteiger partial charge on any atom is -0.377 e. The van der Waals surface area contributed by atoms with Crippen LogP contribution in [0.15, 0.2) is 30.5 Å². The van der Waals surface area contributed by atoms with Gasteiger partial charge in [0, 0.05) is 23.2 Å². The summed E-state index contributed by atoms with van der Waals surface area (Å²) in [6.07, 6.45) is 3.18. The van der Waals surface area contributed by atoms with Crippen LogP contribution in [0.1, 0.15) is 54.3 Å². The van der Waals surface area contributed by atoms with Gasteiger partial charge in [0.1, 0.15) is 12.3 Å². The normalized spacial score (nSPS) is 24.0. The molecule has 7 nitrogen and oxygen atoms in total. The Hall–Kier alpha value is -2.82. The summed E-state index contributed by atoms with van der Waals surface area (Å²) < 4.78 is 0. The topological polar surface area (TPSA) is 115 Å². The van der Waals surface area contributed by atoms with E-state index in [-0.39, 0.29) is 28.7 Å². The predicted molar refractivity (Wildman–Crippen MR) is 115 cm³/mol. The highest BCUT2D eigenvalue weighted by Gasteiger charge is 2.47. The van der Waals surface area contributed by atoms with E-state index in [2.05, 4.69) is 22.1 Å². The van der Waals surface area contributed by atoms with Crippen molar-refractivity contribution in [2.45, 2.75) is 45.0 Å². The maximum absolute atomic E-state index is 11.8. The number of nitrogens with two attached hydrogens (primary N) is 1. The summed E-state index contributed by atoms with van der Waals surface area (Å²) in [7, 11) is 0. The third kappa shape index (κ3) is 3.57. The number of carbonyl (C=O) groups is 1. The highest BCUT2D eigenvalue weighted by molar-refractivity contribution is 6.31. The average Bonchev–Trinajstić information content (AvgIpc) is 3.54. The van der Waals surface area contributed by atoms with Gasteiger partial charge in [0.15, 0.2) is 5.69 Å². The summed E-state index contributed by atoms with van der Waals surface area (Å²) in [5, 5.41) is 23.5. The second kappa shape index (κ2) is 7.78. The van der Waals surface area contributed by atoms with Crippen LogP contribution in [0.3, 0.4) is 0 Å². The molecule has 0 bridgehead atoms. The van der Waals surface area contributed by atoms with Gasteiger partial charge in [-0.1, -0.05) is 18.5 Å². The first-order valence-corrected chi connectivity index (χ1v) is 10.4. The molecule has 1 aromatic carbocycles. The second-order valence-electron chi connectivity index (χ2n) is 8.15. The van der Waals surface area contributed by atoms with E-state index in [0.29, 0.717) is 17.2 Å². The third-order valence-electron chi connectivity index (χ3n) is 6.09. The van der Waals surface area contributed by atoms with E-state index < -0.39 is 12.1 Å². The molecule has 2 heterocycles. The van der Waals surface area contributed by atoms with E-state index in [4.69, 9.17) is 22.6 Å². The van der Waals surface area contributed by atoms with Crippen LogP contribution in [0, 0.1) is 23.2 Å². The van der Waals surface area contributed by atoms with Crippen LogP contribution < -0.4 is 16.0 Å². The highest BCUT2D eigenvalue weighted by Crippen LogP contribution is 2.50. The van der Waals surface area contributed by atoms with Crippen molar-refractivity contribution in [3.8, 4) is 6.07 Å². The van der Waals surface area contributed by atoms with Gasteiger partial charge < -0.3 is 21.1 Å². The summed E-state index contributed by atoms with van der Waals surface area (Å²) in [6.45, 7) is 3.92. The fraction of sp³-hybridized carbons (Fsp3) is 0.409. The number of benzene rings is 1. The molecule has 1 amide bonds. The molecular weight excluding hydrogens is 402 g/mol. The molecule has 156 valence electrons. The molecule has 30 heavy (non-hydrogen) atoms. The van der Waals surface area contributed by atoms with Gasteiger partial charge in [0.25, 0.3) is 0 Å². The Labute approximate surface area is 180 Å². The standard InChI is InChI=1S/C22H24ClN5O2/c1-11-20(27-15-8-17(23)18(9-24)26-10-15)16-7-14(22(25)30)5-6-19(16)28(12(2)29)21(11)13-3-4-13/h5-8,10-13,20-21,27,29H,3-4H2,1-2H3,(H2,25,30)/t11-,12?,20-,21-/m1/s1. The number of pyridine rings is 1. The number of aliphatic hydroxyl groups excluding tert-OH is 1. The number of carbonyl (C=O) groups excluding carboxylic acids is 1. The first-order chi connectivity index (χ1) is 14.3. The number of anilines is 2. The quantitative estimate of drug-likeness (QED) is 0.675. The second-order valence-corrected chi connectivity index (χ2v) is 8.56. The molecule has 4 rings (SSSR count). The van der Waals surface area contributed by atoms with Crippen molar-refractivity contribution < 1.29 is 9.90 Å². The third-order valence-corrected chi connectivity index (χ3v) is 6.38. The smallest absolute Gasteiger partial charge is 0.248 e. The van der Waals surface area contributed by atoms with Crippen molar-refractivity contribution in [2.75, 3.05) is 10.2 Å². The Morgan fingerprint density at radius 1 is 1.43 bits per heavy atom. The monoisotopic (exact) mass is 425 g/mol. The van der Waals surface area contributed by atoms with Gasteiger partial charge in [-0.05, 0) is 55.5 Å². The van der Waals surface area contributed by atoms with Gasteiger partial charge in [-0.25, -0.2) is 4.98 Å². The zero-order valence-corrected chi connectivity index (χ0v) is 17.6. The molecule has 2 aliphatic rings. The Morgan fingerprint density at radius 2 is 2.17 bits per heavy atom. The Morgan fingerprint density at radius 3 is 2.73 bits per heavy atom. The van der Waals surface area contributed by atoms with E-state index in [1.54, 1.807) is 31.3 Å². The minimum absolute atomic E-state index is 0.122. The minimum atomic E-state index is -0.664. The summed E-state index contributed by atoms with van der Waals surface area (Å²) in [5.74, 6) is 0.128. The molecule has 1 fully saturated rings. The first-order valence-electron chi connectivity index (χ1n) is 10.0. The molecule has 1 unspecified atom stereocenters. The van der Waals surface area contributed by atoms with Gasteiger partial charge in [-0.2, -0.15) is 5.26 Å². The molecule has 0 spiro atoms. The van der Waals surface area contributed by atoms with E-state index in [1.807, 2.05) is 12.1 Å². The number of amides is 1. The highest BCUT2D eigenvalue weighted by atomic mass is 35.5. The lowest BCUT2D eigenvalue weighted by molar-refractivity contribution is 0.1000. The lowest BCUT2D eigenvalue weighted by atomic mass is 9.79. The largest absolute Gasteiger partial charge is 0.377 e. The number of nitrogens with one attached hydrogen (secondary N) is 1. The number of rotatable bonds is 5. The number of aromatic nitrogens is 1. The lowest BCUT2D eigenvalue weighted by Crippen LogP contribution is -2.52. The molecule has 4 atom stereocenters. The molecule has 1 aliphatic heterocycles. The fourth-order valence-corrected chi connectivity index (χ4v) is 4.83. The van der Waals surface area contributed by atoms with Crippen LogP contribution in [-0.4, -0.2) is 28.3 Å². The van der Waals surface area contributed by atoms with Crippen molar-refractivity contribution in [2.24, 2.45) is 17.6 Å². The number of nitrogens with zero attached hydrogens (tertiary/aromatic N) is 3. The molecule has 0 saturated heterocycles. The summed E-state index contributed by atoms with van der Waals surface area (Å²) in [4.78, 5) is 18.0. The first kappa shape index (κ1) is 20.5. The Balaban J connectivity index is 1.81. The molecule has 0 radical (unpaired) electrons. The van der Waals surface area contributed by atoms with E-state index in [9.17, 15) is 9.90 Å². The number of fused-ring (bicyclic) bond motifs is 1. The van der Waals surface area contributed by atoms with Crippen LogP contribution in [0.5, 0.6) is 0 Å². The van der Waals surface area contributed by atoms with Crippen molar-refractivity contribution in [1.29, 1.82) is 5.26 Å². The Bertz CT molecular complexity index is 1030. The molecule has 4 N–H and O–H groups in total. The van der Waals surface area contributed by atoms with Gasteiger partial charge >= 0.3 is 0 Å². The SMILES string of the molecule is CC(O)N1c2ccc(C(N)=O)cc2[C@H](Nc2cnc(C#N)c(Cl)c2)[C@@H](C)[C@@H]1C1CC1. The van der Waals surface area contributed by atoms with Gasteiger partial charge in [-0.3, -0.25) is 4.79 Å². The van der Waals surface area contributed by atoms with Gasteiger partial charge in [-0.15, -0.1) is 0 Å². The fourth-order valence-electron chi connectivity index (χ4n) is 4.62. The molecule has 2 aromatic rings. The summed E-state index contributed by atoms with van der Waals surface area (Å²) in [6, 6.07) is 9.01. The van der Waals surface area contributed by atoms with Gasteiger partial charge in [0.05, 0.1) is 22.9 Å². The average molecular weight is 426 g/mol. The van der Waals surface area contributed by atoms with Crippen LogP contribution in [0.2, 0.25) is 5.02 Å². The van der Waals surface area contributed by atoms with Crippen molar-refractivity contribution >= 4 is 28.9 Å². The van der Waals surface area contributed by atoms with E-state index >= 15 is 0 Å². The van der Waals surface area contributed by atoms with Crippen LogP contribution in [0.4, 0.5) is 11.4 Å². The maximum atomic E-state index is 11.8. The number of halogens is 1. The number of hydrogen-bond donors (Lipinski definition) is 3. The summed E-state index contributed by atoms with van der Waals surface area (Å²) in [5.41, 5.74) is 8.58. The molecular formula is C22H24ClN5O2. The van der Waals surface area contributed by atoms with Crippen molar-refractivity contribution in [3.63, 3.8) is 0 Å². The number of aliphatic hydroxyl groups is 1. The lowest BCUT2D eigenvalue weighted by Gasteiger charge is -2.48. The van der Waals surface area contributed by atoms with Crippen LogP contribution in [-0.2, 0) is 0 Å². The van der Waals surface area contributed by atoms with E-state index in [1.165, 1.54) is 0 Å². The molecule has 1 aliphatic carbocycles. The number of nitriles is 1. The van der Waals surface area contributed by atoms with Crippen molar-refractivity contribution in [3.05, 3.63) is 52.3 Å². The Kier molecular flexibility index (Phi) is 5.31.